The maximum absolute atomic E-state index is 9.09. The van der Waals surface area contributed by atoms with Crippen molar-refractivity contribution in [3.63, 3.8) is 0 Å². The van der Waals surface area contributed by atoms with Gasteiger partial charge in [-0.1, -0.05) is 13.8 Å². The second kappa shape index (κ2) is 4.66. The van der Waals surface area contributed by atoms with E-state index in [9.17, 15) is 0 Å². The molecule has 0 bridgehead atoms. The van der Waals surface area contributed by atoms with Crippen LogP contribution in [-0.4, -0.2) is 30.6 Å². The number of methoxy groups -OCH3 is 1. The van der Waals surface area contributed by atoms with Gasteiger partial charge in [0.05, 0.1) is 6.04 Å². The van der Waals surface area contributed by atoms with E-state index in [0.717, 1.165) is 0 Å². The third-order valence-corrected chi connectivity index (χ3v) is 1.27. The summed E-state index contributed by atoms with van der Waals surface area (Å²) < 4.78 is 4.71. The van der Waals surface area contributed by atoms with Crippen molar-refractivity contribution in [1.82, 2.24) is 5.32 Å². The summed E-state index contributed by atoms with van der Waals surface area (Å²) in [6.45, 7) is 5.94. The molecule has 0 heterocycles. The van der Waals surface area contributed by atoms with Gasteiger partial charge < -0.3 is 15.2 Å². The molecule has 3 nitrogen and oxygen atoms in total. The first-order valence-electron chi connectivity index (χ1n) is 3.54. The number of nitrogens with one attached hydrogen (secondary N) is 1. The van der Waals surface area contributed by atoms with Crippen LogP contribution in [0.15, 0.2) is 0 Å². The van der Waals surface area contributed by atoms with Crippen molar-refractivity contribution in [3.05, 3.63) is 0 Å². The Labute approximate surface area is 62.4 Å². The fourth-order valence-corrected chi connectivity index (χ4v) is 0.812. The lowest BCUT2D eigenvalue weighted by Crippen LogP contribution is -2.41. The van der Waals surface area contributed by atoms with E-state index in [1.54, 1.807) is 0 Å². The van der Waals surface area contributed by atoms with E-state index in [0.29, 0.717) is 6.04 Å². The first kappa shape index (κ1) is 9.88. The second-order valence-corrected chi connectivity index (χ2v) is 2.74. The van der Waals surface area contributed by atoms with E-state index in [-0.39, 0.29) is 6.04 Å². The lowest BCUT2D eigenvalue weighted by atomic mass is 10.3. The topological polar surface area (TPSA) is 41.5 Å². The zero-order chi connectivity index (χ0) is 8.15. The molecular formula is C7H17NO2. The number of aliphatic hydroxyl groups is 1. The van der Waals surface area contributed by atoms with Crippen molar-refractivity contribution in [2.24, 2.45) is 0 Å². The molecule has 0 aliphatic carbocycles. The van der Waals surface area contributed by atoms with Gasteiger partial charge in [0.15, 0.2) is 6.29 Å². The molecule has 0 rings (SSSR count). The largest absolute Gasteiger partial charge is 0.367 e. The van der Waals surface area contributed by atoms with Crippen LogP contribution in [-0.2, 0) is 4.74 Å². The van der Waals surface area contributed by atoms with Crippen molar-refractivity contribution in [1.29, 1.82) is 0 Å². The van der Waals surface area contributed by atoms with Gasteiger partial charge in [-0.25, -0.2) is 0 Å². The lowest BCUT2D eigenvalue weighted by Gasteiger charge is -2.20. The van der Waals surface area contributed by atoms with E-state index in [4.69, 9.17) is 9.84 Å². The fourth-order valence-electron chi connectivity index (χ4n) is 0.812. The lowest BCUT2D eigenvalue weighted by molar-refractivity contribution is -0.0943. The molecule has 0 fully saturated rings. The summed E-state index contributed by atoms with van der Waals surface area (Å²) >= 11 is 0. The standard InChI is InChI=1S/C7H17NO2/c1-5(2)8-6(3)7(9)10-4/h5-9H,1-4H3/t6-,7?/m1/s1. The number of aliphatic hydroxyl groups excluding tert-OH is 1. The molecule has 0 spiro atoms. The average molecular weight is 147 g/mol. The smallest absolute Gasteiger partial charge is 0.169 e. The molecule has 0 aromatic heterocycles. The molecule has 0 saturated heterocycles. The zero-order valence-electron chi connectivity index (χ0n) is 7.09. The van der Waals surface area contributed by atoms with E-state index in [1.165, 1.54) is 7.11 Å². The van der Waals surface area contributed by atoms with Gasteiger partial charge in [-0.3, -0.25) is 0 Å². The van der Waals surface area contributed by atoms with Crippen molar-refractivity contribution in [3.8, 4) is 0 Å². The highest BCUT2D eigenvalue weighted by Gasteiger charge is 2.12. The Kier molecular flexibility index (Phi) is 4.60. The van der Waals surface area contributed by atoms with Crippen LogP contribution >= 0.6 is 0 Å². The predicted octanol–water partition coefficient (Wildman–Crippen LogP) is 0.338. The summed E-state index contributed by atoms with van der Waals surface area (Å²) in [6.07, 6.45) is -0.706. The molecule has 0 aliphatic heterocycles. The summed E-state index contributed by atoms with van der Waals surface area (Å²) in [5.74, 6) is 0. The minimum Gasteiger partial charge on any atom is -0.367 e. The fraction of sp³-hybridized carbons (Fsp3) is 1.00. The van der Waals surface area contributed by atoms with Gasteiger partial charge in [0.2, 0.25) is 0 Å². The minimum atomic E-state index is -0.706. The Morgan fingerprint density at radius 3 is 2.10 bits per heavy atom. The van der Waals surface area contributed by atoms with Crippen LogP contribution in [0.2, 0.25) is 0 Å². The van der Waals surface area contributed by atoms with Crippen LogP contribution in [0.3, 0.4) is 0 Å². The maximum Gasteiger partial charge on any atom is 0.169 e. The van der Waals surface area contributed by atoms with Gasteiger partial charge >= 0.3 is 0 Å². The highest BCUT2D eigenvalue weighted by Crippen LogP contribution is 1.94. The van der Waals surface area contributed by atoms with Gasteiger partial charge in [0, 0.05) is 13.2 Å². The summed E-state index contributed by atoms with van der Waals surface area (Å²) in [4.78, 5) is 0. The zero-order valence-corrected chi connectivity index (χ0v) is 7.09. The number of hydrogen-bond donors (Lipinski definition) is 2. The molecule has 0 aromatic carbocycles. The molecule has 2 atom stereocenters. The van der Waals surface area contributed by atoms with Gasteiger partial charge in [0.1, 0.15) is 0 Å². The highest BCUT2D eigenvalue weighted by molar-refractivity contribution is 4.65. The van der Waals surface area contributed by atoms with Crippen LogP contribution in [0.1, 0.15) is 20.8 Å². The maximum atomic E-state index is 9.09. The summed E-state index contributed by atoms with van der Waals surface area (Å²) in [7, 11) is 1.49. The van der Waals surface area contributed by atoms with Crippen molar-refractivity contribution in [2.45, 2.75) is 39.1 Å². The average Bonchev–Trinajstić information content (AvgIpc) is 1.85. The molecule has 0 aromatic rings. The third-order valence-electron chi connectivity index (χ3n) is 1.27. The Bertz CT molecular complexity index is 85.7. The van der Waals surface area contributed by atoms with Gasteiger partial charge in [-0.2, -0.15) is 0 Å². The summed E-state index contributed by atoms with van der Waals surface area (Å²) in [5.41, 5.74) is 0. The van der Waals surface area contributed by atoms with Crippen molar-refractivity contribution < 1.29 is 9.84 Å². The minimum absolute atomic E-state index is 0.00926. The first-order chi connectivity index (χ1) is 4.57. The molecule has 10 heavy (non-hydrogen) atoms. The van der Waals surface area contributed by atoms with Gasteiger partial charge in [-0.05, 0) is 6.92 Å². The van der Waals surface area contributed by atoms with Gasteiger partial charge in [-0.15, -0.1) is 0 Å². The molecule has 0 saturated carbocycles. The second-order valence-electron chi connectivity index (χ2n) is 2.74. The van der Waals surface area contributed by atoms with Crippen LogP contribution in [0, 0.1) is 0 Å². The number of ether oxygens (including phenoxy) is 1. The molecule has 0 radical (unpaired) electrons. The Morgan fingerprint density at radius 2 is 1.80 bits per heavy atom. The summed E-state index contributed by atoms with van der Waals surface area (Å²) in [5, 5.41) is 12.2. The number of hydrogen-bond acceptors (Lipinski definition) is 3. The van der Waals surface area contributed by atoms with Crippen molar-refractivity contribution >= 4 is 0 Å². The van der Waals surface area contributed by atoms with Crippen molar-refractivity contribution in [2.75, 3.05) is 7.11 Å². The predicted molar refractivity (Wildman–Crippen MR) is 40.7 cm³/mol. The van der Waals surface area contributed by atoms with Crippen LogP contribution in [0.5, 0.6) is 0 Å². The number of rotatable bonds is 4. The van der Waals surface area contributed by atoms with E-state index < -0.39 is 6.29 Å². The van der Waals surface area contributed by atoms with E-state index in [1.807, 2.05) is 20.8 Å². The van der Waals surface area contributed by atoms with Gasteiger partial charge in [0.25, 0.3) is 0 Å². The van der Waals surface area contributed by atoms with Crippen LogP contribution in [0.25, 0.3) is 0 Å². The highest BCUT2D eigenvalue weighted by atomic mass is 16.6. The molecule has 1 unspecified atom stereocenters. The molecule has 62 valence electrons. The molecule has 3 heteroatoms. The van der Waals surface area contributed by atoms with E-state index >= 15 is 0 Å². The molecule has 0 aliphatic rings. The molecule has 2 N–H and O–H groups in total. The Morgan fingerprint density at radius 1 is 1.30 bits per heavy atom. The Balaban J connectivity index is 3.50. The van der Waals surface area contributed by atoms with E-state index in [2.05, 4.69) is 5.32 Å². The summed E-state index contributed by atoms with van der Waals surface area (Å²) in [6, 6.07) is 0.366. The molecular weight excluding hydrogens is 130 g/mol. The third kappa shape index (κ3) is 3.82. The quantitative estimate of drug-likeness (QED) is 0.563. The normalized spacial score (nSPS) is 17.4. The molecule has 0 amide bonds. The van der Waals surface area contributed by atoms with Crippen LogP contribution in [0.4, 0.5) is 0 Å². The Hall–Kier alpha value is -0.120. The van der Waals surface area contributed by atoms with Crippen LogP contribution < -0.4 is 5.32 Å². The first-order valence-corrected chi connectivity index (χ1v) is 3.54. The monoisotopic (exact) mass is 147 g/mol. The SMILES string of the molecule is COC(O)[C@@H](C)NC(C)C.